The Hall–Kier alpha value is -0.300. The van der Waals surface area contributed by atoms with Gasteiger partial charge in [0.15, 0.2) is 0 Å². The third kappa shape index (κ3) is 2.19. The molecule has 0 saturated heterocycles. The number of hydrogen-bond acceptors (Lipinski definition) is 1. The largest absolute Gasteiger partial charge is 0.322 e. The van der Waals surface area contributed by atoms with Crippen LogP contribution in [0.2, 0.25) is 0 Å². The van der Waals surface area contributed by atoms with Crippen molar-refractivity contribution >= 4 is 0 Å². The Bertz CT molecular complexity index is 121. The summed E-state index contributed by atoms with van der Waals surface area (Å²) in [7, 11) is 0. The summed E-state index contributed by atoms with van der Waals surface area (Å²) in [4.78, 5) is 0. The SMILES string of the molecule is CC(C)/C=C/C1(N)CC1. The molecular weight excluding hydrogens is 110 g/mol. The quantitative estimate of drug-likeness (QED) is 0.558. The fourth-order valence-corrected chi connectivity index (χ4v) is 0.695. The first kappa shape index (κ1) is 6.81. The molecule has 9 heavy (non-hydrogen) atoms. The molecule has 1 saturated carbocycles. The molecular formula is C8H15N. The van der Waals surface area contributed by atoms with Crippen molar-refractivity contribution in [3.8, 4) is 0 Å². The van der Waals surface area contributed by atoms with Crippen molar-refractivity contribution in [1.82, 2.24) is 0 Å². The molecule has 1 fully saturated rings. The van der Waals surface area contributed by atoms with Crippen LogP contribution >= 0.6 is 0 Å². The minimum Gasteiger partial charge on any atom is -0.322 e. The molecule has 0 aromatic carbocycles. The Morgan fingerprint density at radius 3 is 2.33 bits per heavy atom. The molecule has 1 aliphatic rings. The van der Waals surface area contributed by atoms with Crippen molar-refractivity contribution in [2.45, 2.75) is 32.2 Å². The van der Waals surface area contributed by atoms with Crippen molar-refractivity contribution in [3.63, 3.8) is 0 Å². The lowest BCUT2D eigenvalue weighted by Gasteiger charge is -1.99. The Labute approximate surface area is 56.9 Å². The maximum Gasteiger partial charge on any atom is 0.0340 e. The fourth-order valence-electron chi connectivity index (χ4n) is 0.695. The van der Waals surface area contributed by atoms with Gasteiger partial charge in [0.05, 0.1) is 0 Å². The summed E-state index contributed by atoms with van der Waals surface area (Å²) in [5.74, 6) is 0.644. The van der Waals surface area contributed by atoms with Gasteiger partial charge < -0.3 is 5.73 Å². The lowest BCUT2D eigenvalue weighted by Crippen LogP contribution is -2.17. The van der Waals surface area contributed by atoms with Crippen LogP contribution in [0, 0.1) is 5.92 Å². The number of nitrogens with two attached hydrogens (primary N) is 1. The van der Waals surface area contributed by atoms with Crippen LogP contribution in [0.15, 0.2) is 12.2 Å². The zero-order chi connectivity index (χ0) is 6.91. The van der Waals surface area contributed by atoms with Gasteiger partial charge in [0.2, 0.25) is 0 Å². The lowest BCUT2D eigenvalue weighted by atomic mass is 10.1. The van der Waals surface area contributed by atoms with Gasteiger partial charge in [-0.3, -0.25) is 0 Å². The van der Waals surface area contributed by atoms with Gasteiger partial charge in [0.25, 0.3) is 0 Å². The summed E-state index contributed by atoms with van der Waals surface area (Å²) < 4.78 is 0. The van der Waals surface area contributed by atoms with E-state index in [-0.39, 0.29) is 5.54 Å². The zero-order valence-corrected chi connectivity index (χ0v) is 6.22. The van der Waals surface area contributed by atoms with E-state index >= 15 is 0 Å². The second kappa shape index (κ2) is 2.14. The van der Waals surface area contributed by atoms with Crippen molar-refractivity contribution < 1.29 is 0 Å². The second-order valence-electron chi connectivity index (χ2n) is 3.34. The van der Waals surface area contributed by atoms with Crippen LogP contribution in [0.5, 0.6) is 0 Å². The van der Waals surface area contributed by atoms with Crippen LogP contribution < -0.4 is 5.73 Å². The van der Waals surface area contributed by atoms with Crippen LogP contribution in [-0.4, -0.2) is 5.54 Å². The molecule has 0 unspecified atom stereocenters. The highest BCUT2D eigenvalue weighted by Crippen LogP contribution is 2.33. The summed E-state index contributed by atoms with van der Waals surface area (Å²) in [6, 6.07) is 0. The molecule has 0 aliphatic heterocycles. The van der Waals surface area contributed by atoms with E-state index < -0.39 is 0 Å². The third-order valence-corrected chi connectivity index (χ3v) is 1.64. The first-order chi connectivity index (χ1) is 4.12. The fraction of sp³-hybridized carbons (Fsp3) is 0.750. The molecule has 0 radical (unpaired) electrons. The Balaban J connectivity index is 2.31. The smallest absolute Gasteiger partial charge is 0.0340 e. The van der Waals surface area contributed by atoms with Crippen LogP contribution in [0.25, 0.3) is 0 Å². The Kier molecular flexibility index (Phi) is 1.62. The highest BCUT2D eigenvalue weighted by atomic mass is 14.8. The van der Waals surface area contributed by atoms with Crippen molar-refractivity contribution in [3.05, 3.63) is 12.2 Å². The topological polar surface area (TPSA) is 26.0 Å². The maximum absolute atomic E-state index is 5.81. The van der Waals surface area contributed by atoms with Crippen molar-refractivity contribution in [2.75, 3.05) is 0 Å². The van der Waals surface area contributed by atoms with Gasteiger partial charge in [-0.2, -0.15) is 0 Å². The van der Waals surface area contributed by atoms with Crippen LogP contribution in [0.3, 0.4) is 0 Å². The van der Waals surface area contributed by atoms with Gasteiger partial charge in [-0.25, -0.2) is 0 Å². The van der Waals surface area contributed by atoms with Crippen molar-refractivity contribution in [2.24, 2.45) is 11.7 Å². The molecule has 1 rings (SSSR count). The van der Waals surface area contributed by atoms with E-state index in [2.05, 4.69) is 26.0 Å². The normalized spacial score (nSPS) is 23.6. The zero-order valence-electron chi connectivity index (χ0n) is 6.22. The Morgan fingerprint density at radius 1 is 1.44 bits per heavy atom. The highest BCUT2D eigenvalue weighted by molar-refractivity contribution is 5.15. The van der Waals surface area contributed by atoms with Crippen LogP contribution in [-0.2, 0) is 0 Å². The molecule has 52 valence electrons. The van der Waals surface area contributed by atoms with Gasteiger partial charge in [-0.1, -0.05) is 26.0 Å². The third-order valence-electron chi connectivity index (χ3n) is 1.64. The summed E-state index contributed by atoms with van der Waals surface area (Å²) in [5, 5.41) is 0. The van der Waals surface area contributed by atoms with E-state index in [0.29, 0.717) is 5.92 Å². The van der Waals surface area contributed by atoms with E-state index in [0.717, 1.165) is 0 Å². The first-order valence-electron chi connectivity index (χ1n) is 3.61. The van der Waals surface area contributed by atoms with E-state index in [4.69, 9.17) is 5.73 Å². The number of rotatable bonds is 2. The molecule has 0 atom stereocenters. The van der Waals surface area contributed by atoms with Gasteiger partial charge >= 0.3 is 0 Å². The molecule has 0 bridgehead atoms. The van der Waals surface area contributed by atoms with E-state index in [1.165, 1.54) is 12.8 Å². The average molecular weight is 125 g/mol. The second-order valence-corrected chi connectivity index (χ2v) is 3.34. The summed E-state index contributed by atoms with van der Waals surface area (Å²) in [5.41, 5.74) is 5.91. The molecule has 1 nitrogen and oxygen atoms in total. The van der Waals surface area contributed by atoms with Gasteiger partial charge in [0, 0.05) is 5.54 Å². The predicted octanol–water partition coefficient (Wildman–Crippen LogP) is 1.69. The highest BCUT2D eigenvalue weighted by Gasteiger charge is 2.34. The van der Waals surface area contributed by atoms with Gasteiger partial charge in [-0.15, -0.1) is 0 Å². The number of allylic oxidation sites excluding steroid dienone is 1. The monoisotopic (exact) mass is 125 g/mol. The summed E-state index contributed by atoms with van der Waals surface area (Å²) >= 11 is 0. The molecule has 0 spiro atoms. The molecule has 1 heteroatoms. The predicted molar refractivity (Wildman–Crippen MR) is 40.1 cm³/mol. The Morgan fingerprint density at radius 2 is 2.00 bits per heavy atom. The summed E-state index contributed by atoms with van der Waals surface area (Å²) in [6.45, 7) is 4.34. The van der Waals surface area contributed by atoms with Gasteiger partial charge in [-0.05, 0) is 18.8 Å². The van der Waals surface area contributed by atoms with E-state index in [1.807, 2.05) is 0 Å². The van der Waals surface area contributed by atoms with Crippen molar-refractivity contribution in [1.29, 1.82) is 0 Å². The molecule has 1 aliphatic carbocycles. The van der Waals surface area contributed by atoms with E-state index in [9.17, 15) is 0 Å². The maximum atomic E-state index is 5.81. The molecule has 0 aromatic rings. The summed E-state index contributed by atoms with van der Waals surface area (Å²) in [6.07, 6.45) is 6.69. The molecule has 0 amide bonds. The van der Waals surface area contributed by atoms with Crippen LogP contribution in [0.1, 0.15) is 26.7 Å². The average Bonchev–Trinajstić information content (AvgIpc) is 2.45. The minimum absolute atomic E-state index is 0.101. The minimum atomic E-state index is 0.101. The lowest BCUT2D eigenvalue weighted by molar-refractivity contribution is 0.791. The van der Waals surface area contributed by atoms with Crippen LogP contribution in [0.4, 0.5) is 0 Å². The standard InChI is InChI=1S/C8H15N/c1-7(2)3-4-8(9)5-6-8/h3-4,7H,5-6,9H2,1-2H3/b4-3+. The van der Waals surface area contributed by atoms with E-state index in [1.54, 1.807) is 0 Å². The molecule has 0 aromatic heterocycles. The van der Waals surface area contributed by atoms with Gasteiger partial charge in [0.1, 0.15) is 0 Å². The number of hydrogen-bond donors (Lipinski definition) is 1. The molecule has 0 heterocycles. The first-order valence-corrected chi connectivity index (χ1v) is 3.61. The molecule has 2 N–H and O–H groups in total.